The number of hydrogen-bond acceptors (Lipinski definition) is 3. The lowest BCUT2D eigenvalue weighted by atomic mass is 10.2. The largest absolute Gasteiger partial charge is 0.453 e. The third-order valence-corrected chi connectivity index (χ3v) is 3.04. The summed E-state index contributed by atoms with van der Waals surface area (Å²) in [5, 5.41) is 7.31. The summed E-state index contributed by atoms with van der Waals surface area (Å²) in [4.78, 5) is 0. The number of hydrogen-bond donors (Lipinski definition) is 1. The second-order valence-corrected chi connectivity index (χ2v) is 4.51. The molecule has 2 rings (SSSR count). The lowest BCUT2D eigenvalue weighted by Crippen LogP contribution is -2.07. The van der Waals surface area contributed by atoms with E-state index >= 15 is 0 Å². The molecular formula is C14H18FN3O. The quantitative estimate of drug-likeness (QED) is 0.921. The Bertz CT molecular complexity index is 593. The van der Waals surface area contributed by atoms with Crippen molar-refractivity contribution in [1.29, 1.82) is 0 Å². The molecule has 0 saturated heterocycles. The first kappa shape index (κ1) is 13.5. The van der Waals surface area contributed by atoms with Crippen molar-refractivity contribution in [2.24, 2.45) is 7.05 Å². The van der Waals surface area contributed by atoms with Crippen LogP contribution in [0.1, 0.15) is 17.0 Å². The summed E-state index contributed by atoms with van der Waals surface area (Å²) < 4.78 is 21.0. The molecule has 0 bridgehead atoms. The van der Waals surface area contributed by atoms with Crippen molar-refractivity contribution in [1.82, 2.24) is 15.1 Å². The van der Waals surface area contributed by atoms with Gasteiger partial charge < -0.3 is 10.1 Å². The molecule has 0 aliphatic carbocycles. The minimum Gasteiger partial charge on any atom is -0.453 e. The van der Waals surface area contributed by atoms with Crippen LogP contribution in [-0.2, 0) is 13.6 Å². The molecule has 0 atom stereocenters. The van der Waals surface area contributed by atoms with E-state index < -0.39 is 0 Å². The van der Waals surface area contributed by atoms with Crippen molar-refractivity contribution in [3.63, 3.8) is 0 Å². The van der Waals surface area contributed by atoms with Crippen molar-refractivity contribution >= 4 is 0 Å². The standard InChI is InChI=1S/C14H18FN3O/c1-9-14(10(2)18(4)17-9)19-13-6-5-12(15)7-11(13)8-16-3/h5-7,16H,8H2,1-4H3. The minimum atomic E-state index is -0.266. The Labute approximate surface area is 112 Å². The van der Waals surface area contributed by atoms with E-state index in [0.717, 1.165) is 22.7 Å². The third-order valence-electron chi connectivity index (χ3n) is 3.04. The van der Waals surface area contributed by atoms with E-state index in [-0.39, 0.29) is 5.82 Å². The number of benzene rings is 1. The van der Waals surface area contributed by atoms with Gasteiger partial charge in [0, 0.05) is 19.2 Å². The molecule has 1 N–H and O–H groups in total. The zero-order valence-corrected chi connectivity index (χ0v) is 11.6. The molecule has 2 aromatic rings. The zero-order chi connectivity index (χ0) is 14.0. The predicted octanol–water partition coefficient (Wildman–Crippen LogP) is 2.69. The average molecular weight is 263 g/mol. The number of ether oxygens (including phenoxy) is 1. The van der Waals surface area contributed by atoms with E-state index in [4.69, 9.17) is 4.74 Å². The fraction of sp³-hybridized carbons (Fsp3) is 0.357. The topological polar surface area (TPSA) is 39.1 Å². The number of rotatable bonds is 4. The Morgan fingerprint density at radius 1 is 1.37 bits per heavy atom. The van der Waals surface area contributed by atoms with Gasteiger partial charge in [-0.3, -0.25) is 4.68 Å². The number of aryl methyl sites for hydroxylation is 2. The molecule has 1 aromatic carbocycles. The van der Waals surface area contributed by atoms with Crippen LogP contribution in [0.15, 0.2) is 18.2 Å². The summed E-state index contributed by atoms with van der Waals surface area (Å²) in [5.41, 5.74) is 2.54. The summed E-state index contributed by atoms with van der Waals surface area (Å²) in [5.74, 6) is 1.11. The highest BCUT2D eigenvalue weighted by atomic mass is 19.1. The normalized spacial score (nSPS) is 10.8. The van der Waals surface area contributed by atoms with Crippen molar-refractivity contribution in [2.75, 3.05) is 7.05 Å². The monoisotopic (exact) mass is 263 g/mol. The van der Waals surface area contributed by atoms with Crippen molar-refractivity contribution < 1.29 is 9.13 Å². The van der Waals surface area contributed by atoms with Crippen LogP contribution in [0.2, 0.25) is 0 Å². The van der Waals surface area contributed by atoms with Crippen LogP contribution in [-0.4, -0.2) is 16.8 Å². The molecule has 0 spiro atoms. The molecule has 19 heavy (non-hydrogen) atoms. The van der Waals surface area contributed by atoms with E-state index in [1.54, 1.807) is 10.7 Å². The van der Waals surface area contributed by atoms with Gasteiger partial charge in [0.1, 0.15) is 17.3 Å². The molecule has 0 unspecified atom stereocenters. The molecule has 0 radical (unpaired) electrons. The van der Waals surface area contributed by atoms with Gasteiger partial charge in [0.2, 0.25) is 0 Å². The van der Waals surface area contributed by atoms with Gasteiger partial charge in [0.15, 0.2) is 5.75 Å². The fourth-order valence-electron chi connectivity index (χ4n) is 1.99. The average Bonchev–Trinajstić information content (AvgIpc) is 2.59. The second-order valence-electron chi connectivity index (χ2n) is 4.51. The SMILES string of the molecule is CNCc1cc(F)ccc1Oc1c(C)nn(C)c1C. The number of nitrogens with one attached hydrogen (secondary N) is 1. The van der Waals surface area contributed by atoms with Gasteiger partial charge in [-0.1, -0.05) is 0 Å². The third kappa shape index (κ3) is 2.76. The highest BCUT2D eigenvalue weighted by Gasteiger charge is 2.14. The fourth-order valence-corrected chi connectivity index (χ4v) is 1.99. The van der Waals surface area contributed by atoms with E-state index in [0.29, 0.717) is 12.3 Å². The van der Waals surface area contributed by atoms with Gasteiger partial charge in [-0.05, 0) is 39.1 Å². The summed E-state index contributed by atoms with van der Waals surface area (Å²) in [6.45, 7) is 4.38. The predicted molar refractivity (Wildman–Crippen MR) is 71.9 cm³/mol. The molecule has 5 heteroatoms. The molecule has 4 nitrogen and oxygen atoms in total. The van der Waals surface area contributed by atoms with Gasteiger partial charge in [-0.25, -0.2) is 4.39 Å². The smallest absolute Gasteiger partial charge is 0.171 e. The molecule has 0 aliphatic rings. The maximum Gasteiger partial charge on any atom is 0.171 e. The molecule has 0 amide bonds. The van der Waals surface area contributed by atoms with E-state index in [1.165, 1.54) is 12.1 Å². The highest BCUT2D eigenvalue weighted by Crippen LogP contribution is 2.30. The summed E-state index contributed by atoms with van der Waals surface area (Å²) in [6, 6.07) is 4.52. The summed E-state index contributed by atoms with van der Waals surface area (Å²) in [7, 11) is 3.68. The Morgan fingerprint density at radius 2 is 2.11 bits per heavy atom. The molecule has 1 heterocycles. The van der Waals surface area contributed by atoms with E-state index in [2.05, 4.69) is 10.4 Å². The maximum absolute atomic E-state index is 13.3. The van der Waals surface area contributed by atoms with Gasteiger partial charge in [-0.15, -0.1) is 0 Å². The molecule has 0 aliphatic heterocycles. The molecule has 0 saturated carbocycles. The molecule has 0 fully saturated rings. The molecule has 102 valence electrons. The minimum absolute atomic E-state index is 0.266. The van der Waals surface area contributed by atoms with Crippen LogP contribution < -0.4 is 10.1 Å². The first-order chi connectivity index (χ1) is 9.02. The Morgan fingerprint density at radius 3 is 2.68 bits per heavy atom. The Balaban J connectivity index is 2.37. The van der Waals surface area contributed by atoms with Gasteiger partial charge in [0.05, 0.1) is 5.69 Å². The van der Waals surface area contributed by atoms with Crippen LogP contribution in [0.25, 0.3) is 0 Å². The van der Waals surface area contributed by atoms with Crippen molar-refractivity contribution in [3.8, 4) is 11.5 Å². The van der Waals surface area contributed by atoms with Gasteiger partial charge >= 0.3 is 0 Å². The van der Waals surface area contributed by atoms with Gasteiger partial charge in [-0.2, -0.15) is 5.10 Å². The lowest BCUT2D eigenvalue weighted by molar-refractivity contribution is 0.464. The number of aromatic nitrogens is 2. The maximum atomic E-state index is 13.3. The first-order valence-electron chi connectivity index (χ1n) is 6.14. The van der Waals surface area contributed by atoms with Crippen LogP contribution in [0, 0.1) is 19.7 Å². The number of halogens is 1. The Kier molecular flexibility index (Phi) is 3.85. The van der Waals surface area contributed by atoms with E-state index in [9.17, 15) is 4.39 Å². The van der Waals surface area contributed by atoms with Crippen LogP contribution >= 0.6 is 0 Å². The van der Waals surface area contributed by atoms with Gasteiger partial charge in [0.25, 0.3) is 0 Å². The summed E-state index contributed by atoms with van der Waals surface area (Å²) >= 11 is 0. The van der Waals surface area contributed by atoms with Crippen LogP contribution in [0.5, 0.6) is 11.5 Å². The number of nitrogens with zero attached hydrogens (tertiary/aromatic N) is 2. The van der Waals surface area contributed by atoms with Crippen molar-refractivity contribution in [2.45, 2.75) is 20.4 Å². The molecular weight excluding hydrogens is 245 g/mol. The van der Waals surface area contributed by atoms with Crippen LogP contribution in [0.4, 0.5) is 4.39 Å². The molecule has 1 aromatic heterocycles. The highest BCUT2D eigenvalue weighted by molar-refractivity contribution is 5.41. The van der Waals surface area contributed by atoms with E-state index in [1.807, 2.05) is 27.9 Å². The van der Waals surface area contributed by atoms with Crippen LogP contribution in [0.3, 0.4) is 0 Å². The summed E-state index contributed by atoms with van der Waals surface area (Å²) in [6.07, 6.45) is 0. The second kappa shape index (κ2) is 5.40. The van der Waals surface area contributed by atoms with Crippen molar-refractivity contribution in [3.05, 3.63) is 41.0 Å². The Hall–Kier alpha value is -1.88. The zero-order valence-electron chi connectivity index (χ0n) is 11.6. The first-order valence-corrected chi connectivity index (χ1v) is 6.14. The lowest BCUT2D eigenvalue weighted by Gasteiger charge is -2.11.